The molecule has 0 radical (unpaired) electrons. The molecule has 0 aromatic rings. The summed E-state index contributed by atoms with van der Waals surface area (Å²) >= 11 is 1.57. The minimum atomic E-state index is -1.01. The van der Waals surface area contributed by atoms with Crippen LogP contribution in [0.5, 0.6) is 0 Å². The van der Waals surface area contributed by atoms with E-state index in [1.165, 1.54) is 9.80 Å². The van der Waals surface area contributed by atoms with Crippen LogP contribution < -0.4 is 16.8 Å². The Balaban J connectivity index is 2.07. The van der Waals surface area contributed by atoms with Crippen molar-refractivity contribution >= 4 is 35.5 Å². The summed E-state index contributed by atoms with van der Waals surface area (Å²) in [5.41, 5.74) is 11.5. The van der Waals surface area contributed by atoms with Crippen LogP contribution >= 0.6 is 11.8 Å². The number of rotatable bonds is 12. The lowest BCUT2D eigenvalue weighted by Gasteiger charge is -2.32. The van der Waals surface area contributed by atoms with Crippen molar-refractivity contribution in [2.24, 2.45) is 11.5 Å². The lowest BCUT2D eigenvalue weighted by atomic mass is 10.1. The van der Waals surface area contributed by atoms with E-state index < -0.39 is 30.1 Å². The number of amides is 3. The van der Waals surface area contributed by atoms with E-state index >= 15 is 0 Å². The van der Waals surface area contributed by atoms with Crippen LogP contribution in [0.1, 0.15) is 51.4 Å². The lowest BCUT2D eigenvalue weighted by molar-refractivity contribution is -0.152. The normalized spacial score (nSPS) is 22.6. The molecule has 182 valence electrons. The first-order chi connectivity index (χ1) is 15.3. The Labute approximate surface area is 193 Å². The summed E-state index contributed by atoms with van der Waals surface area (Å²) in [6.07, 6.45) is 6.57. The number of carbonyl (C=O) groups is 4. The Morgan fingerprint density at radius 3 is 2.34 bits per heavy atom. The van der Waals surface area contributed by atoms with Gasteiger partial charge in [0.15, 0.2) is 0 Å². The number of nitrogens with two attached hydrogens (primary N) is 2. The maximum atomic E-state index is 13.4. The van der Waals surface area contributed by atoms with Crippen LogP contribution in [-0.4, -0.2) is 94.4 Å². The maximum absolute atomic E-state index is 13.4. The molecule has 0 saturated carbocycles. The molecule has 11 heteroatoms. The number of carboxylic acids is 1. The van der Waals surface area contributed by atoms with Crippen LogP contribution in [-0.2, 0) is 19.2 Å². The van der Waals surface area contributed by atoms with Gasteiger partial charge in [0.1, 0.15) is 18.1 Å². The number of carboxylic acid groups (broad SMARTS) is 1. The molecule has 4 atom stereocenters. The molecule has 10 nitrogen and oxygen atoms in total. The summed E-state index contributed by atoms with van der Waals surface area (Å²) in [4.78, 5) is 53.5. The van der Waals surface area contributed by atoms with Crippen molar-refractivity contribution in [1.29, 1.82) is 0 Å². The predicted octanol–water partition coefficient (Wildman–Crippen LogP) is -0.253. The summed E-state index contributed by atoms with van der Waals surface area (Å²) in [6, 6.07) is -3.01. The van der Waals surface area contributed by atoms with Crippen molar-refractivity contribution in [2.45, 2.75) is 75.5 Å². The van der Waals surface area contributed by atoms with Gasteiger partial charge >= 0.3 is 5.97 Å². The van der Waals surface area contributed by atoms with Gasteiger partial charge in [-0.15, -0.1) is 0 Å². The molecule has 2 heterocycles. The van der Waals surface area contributed by atoms with E-state index in [2.05, 4.69) is 5.32 Å². The fraction of sp³-hybridized carbons (Fsp3) is 0.810. The zero-order chi connectivity index (χ0) is 23.7. The van der Waals surface area contributed by atoms with E-state index in [-0.39, 0.29) is 17.7 Å². The van der Waals surface area contributed by atoms with Crippen molar-refractivity contribution in [3.8, 4) is 0 Å². The summed E-state index contributed by atoms with van der Waals surface area (Å²) in [5.74, 6) is -1.34. The zero-order valence-electron chi connectivity index (χ0n) is 18.8. The van der Waals surface area contributed by atoms with E-state index in [1.807, 2.05) is 6.26 Å². The van der Waals surface area contributed by atoms with E-state index in [9.17, 15) is 24.3 Å². The molecule has 0 aliphatic carbocycles. The minimum absolute atomic E-state index is 0.302. The predicted molar refractivity (Wildman–Crippen MR) is 123 cm³/mol. The van der Waals surface area contributed by atoms with Crippen molar-refractivity contribution < 1.29 is 24.3 Å². The SMILES string of the molecule is CSCCC(NC(=O)C(N)CCCCN)C(=O)N1CCCC1C(=O)N1CCCC1C(=O)O. The summed E-state index contributed by atoms with van der Waals surface area (Å²) in [7, 11) is 0. The number of carbonyl (C=O) groups excluding carboxylic acids is 3. The smallest absolute Gasteiger partial charge is 0.326 e. The quantitative estimate of drug-likeness (QED) is 0.284. The van der Waals surface area contributed by atoms with Gasteiger partial charge in [-0.05, 0) is 63.5 Å². The number of thioether (sulfide) groups is 1. The highest BCUT2D eigenvalue weighted by Crippen LogP contribution is 2.26. The first-order valence-corrected chi connectivity index (χ1v) is 12.8. The first kappa shape index (κ1) is 26.4. The van der Waals surface area contributed by atoms with Crippen molar-refractivity contribution in [3.63, 3.8) is 0 Å². The number of unbranched alkanes of at least 4 members (excludes halogenated alkanes) is 1. The second kappa shape index (κ2) is 13.0. The summed E-state index contributed by atoms with van der Waals surface area (Å²) < 4.78 is 0. The van der Waals surface area contributed by atoms with Gasteiger partial charge in [0.2, 0.25) is 17.7 Å². The van der Waals surface area contributed by atoms with Gasteiger partial charge in [0.05, 0.1) is 6.04 Å². The van der Waals surface area contributed by atoms with Gasteiger partial charge in [-0.1, -0.05) is 6.42 Å². The molecule has 0 aromatic heterocycles. The van der Waals surface area contributed by atoms with Crippen LogP contribution in [0.4, 0.5) is 0 Å². The molecule has 3 amide bonds. The number of hydrogen-bond acceptors (Lipinski definition) is 7. The van der Waals surface area contributed by atoms with E-state index in [4.69, 9.17) is 11.5 Å². The molecule has 0 spiro atoms. The van der Waals surface area contributed by atoms with Crippen molar-refractivity contribution in [3.05, 3.63) is 0 Å². The molecular formula is C21H37N5O5S. The maximum Gasteiger partial charge on any atom is 0.326 e. The molecule has 2 aliphatic heterocycles. The Hall–Kier alpha value is -1.85. The highest BCUT2D eigenvalue weighted by Gasteiger charge is 2.43. The number of aliphatic carboxylic acids is 1. The zero-order valence-corrected chi connectivity index (χ0v) is 19.6. The van der Waals surface area contributed by atoms with Crippen LogP contribution in [0.25, 0.3) is 0 Å². The van der Waals surface area contributed by atoms with Crippen LogP contribution in [0, 0.1) is 0 Å². The lowest BCUT2D eigenvalue weighted by Crippen LogP contribution is -2.57. The average Bonchev–Trinajstić information content (AvgIpc) is 3.45. The Kier molecular flexibility index (Phi) is 10.7. The monoisotopic (exact) mass is 471 g/mol. The molecular weight excluding hydrogens is 434 g/mol. The summed E-state index contributed by atoms with van der Waals surface area (Å²) in [6.45, 7) is 1.33. The highest BCUT2D eigenvalue weighted by atomic mass is 32.2. The fourth-order valence-electron chi connectivity index (χ4n) is 4.38. The number of hydrogen-bond donors (Lipinski definition) is 4. The molecule has 4 unspecified atom stereocenters. The molecule has 0 aromatic carbocycles. The Morgan fingerprint density at radius 1 is 1.06 bits per heavy atom. The van der Waals surface area contributed by atoms with Gasteiger partial charge < -0.3 is 31.7 Å². The number of nitrogens with one attached hydrogen (secondary N) is 1. The average molecular weight is 472 g/mol. The third-order valence-electron chi connectivity index (χ3n) is 6.17. The second-order valence-corrected chi connectivity index (χ2v) is 9.44. The van der Waals surface area contributed by atoms with Gasteiger partial charge in [0, 0.05) is 13.1 Å². The number of nitrogens with zero attached hydrogens (tertiary/aromatic N) is 2. The Bertz CT molecular complexity index is 679. The van der Waals surface area contributed by atoms with Gasteiger partial charge in [-0.25, -0.2) is 4.79 Å². The molecule has 6 N–H and O–H groups in total. The van der Waals surface area contributed by atoms with Crippen LogP contribution in [0.2, 0.25) is 0 Å². The third-order valence-corrected chi connectivity index (χ3v) is 6.82. The van der Waals surface area contributed by atoms with Gasteiger partial charge in [0.25, 0.3) is 0 Å². The highest BCUT2D eigenvalue weighted by molar-refractivity contribution is 7.98. The first-order valence-electron chi connectivity index (χ1n) is 11.4. The standard InChI is InChI=1S/C21H37N5O5S/c1-32-13-9-15(24-18(27)14(23)6-2-3-10-22)19(28)25-11-4-7-16(25)20(29)26-12-5-8-17(26)21(30)31/h14-17H,2-13,22-23H2,1H3,(H,24,27)(H,30,31). The van der Waals surface area contributed by atoms with Crippen molar-refractivity contribution in [1.82, 2.24) is 15.1 Å². The van der Waals surface area contributed by atoms with Gasteiger partial charge in [-0.3, -0.25) is 14.4 Å². The van der Waals surface area contributed by atoms with E-state index in [1.54, 1.807) is 11.8 Å². The molecule has 2 rings (SSSR count). The minimum Gasteiger partial charge on any atom is -0.480 e. The third kappa shape index (κ3) is 6.82. The summed E-state index contributed by atoms with van der Waals surface area (Å²) in [5, 5.41) is 12.2. The van der Waals surface area contributed by atoms with E-state index in [0.717, 1.165) is 12.8 Å². The number of likely N-dealkylation sites (tertiary alicyclic amines) is 2. The topological polar surface area (TPSA) is 159 Å². The van der Waals surface area contributed by atoms with Crippen LogP contribution in [0.15, 0.2) is 0 Å². The van der Waals surface area contributed by atoms with Crippen molar-refractivity contribution in [2.75, 3.05) is 31.6 Å². The second-order valence-electron chi connectivity index (χ2n) is 8.45. The van der Waals surface area contributed by atoms with E-state index in [0.29, 0.717) is 63.9 Å². The Morgan fingerprint density at radius 2 is 1.72 bits per heavy atom. The largest absolute Gasteiger partial charge is 0.480 e. The molecule has 2 fully saturated rings. The molecule has 2 aliphatic rings. The van der Waals surface area contributed by atoms with Crippen LogP contribution in [0.3, 0.4) is 0 Å². The molecule has 32 heavy (non-hydrogen) atoms. The fourth-order valence-corrected chi connectivity index (χ4v) is 4.85. The molecule has 2 saturated heterocycles. The van der Waals surface area contributed by atoms with Gasteiger partial charge in [-0.2, -0.15) is 11.8 Å². The molecule has 0 bridgehead atoms.